The molecule has 0 aliphatic carbocycles. The van der Waals surface area contributed by atoms with Crippen molar-refractivity contribution in [3.63, 3.8) is 0 Å². The number of hydrogen-bond acceptors (Lipinski definition) is 2. The zero-order valence-corrected chi connectivity index (χ0v) is 9.11. The highest BCUT2D eigenvalue weighted by Gasteiger charge is 2.06. The van der Waals surface area contributed by atoms with Gasteiger partial charge in [0.2, 0.25) is 0 Å². The monoisotopic (exact) mass is 219 g/mol. The molecule has 1 atom stereocenters. The Balaban J connectivity index is 1.95. The highest BCUT2D eigenvalue weighted by molar-refractivity contribution is 5.19. The molecule has 0 spiro atoms. The van der Waals surface area contributed by atoms with E-state index in [-0.39, 0.29) is 11.9 Å². The fourth-order valence-electron chi connectivity index (χ4n) is 1.56. The normalized spacial score (nSPS) is 12.6. The largest absolute Gasteiger partial charge is 0.468 e. The fraction of sp³-hybridized carbons (Fsp3) is 0.231. The van der Waals surface area contributed by atoms with Gasteiger partial charge < -0.3 is 9.73 Å². The van der Waals surface area contributed by atoms with Crippen molar-refractivity contribution in [3.8, 4) is 0 Å². The number of rotatable bonds is 4. The van der Waals surface area contributed by atoms with Crippen LogP contribution in [-0.2, 0) is 6.54 Å². The third kappa shape index (κ3) is 2.70. The zero-order chi connectivity index (χ0) is 11.4. The molecule has 1 N–H and O–H groups in total. The van der Waals surface area contributed by atoms with E-state index in [9.17, 15) is 4.39 Å². The SMILES string of the molecule is C[C@H](NCc1ccco1)c1cccc(F)c1. The van der Waals surface area contributed by atoms with Gasteiger partial charge in [-0.15, -0.1) is 0 Å². The number of furan rings is 1. The zero-order valence-electron chi connectivity index (χ0n) is 9.11. The second kappa shape index (κ2) is 4.94. The molecular weight excluding hydrogens is 205 g/mol. The molecule has 84 valence electrons. The first-order valence-corrected chi connectivity index (χ1v) is 5.27. The lowest BCUT2D eigenvalue weighted by Gasteiger charge is -2.13. The summed E-state index contributed by atoms with van der Waals surface area (Å²) < 4.78 is 18.2. The molecule has 0 fully saturated rings. The molecule has 0 saturated heterocycles. The molecule has 1 aromatic heterocycles. The van der Waals surface area contributed by atoms with E-state index in [0.717, 1.165) is 11.3 Å². The molecule has 0 unspecified atom stereocenters. The maximum Gasteiger partial charge on any atom is 0.123 e. The molecule has 0 radical (unpaired) electrons. The lowest BCUT2D eigenvalue weighted by Crippen LogP contribution is -2.17. The lowest BCUT2D eigenvalue weighted by molar-refractivity contribution is 0.460. The third-order valence-corrected chi connectivity index (χ3v) is 2.51. The van der Waals surface area contributed by atoms with Crippen LogP contribution >= 0.6 is 0 Å². The Hall–Kier alpha value is -1.61. The van der Waals surface area contributed by atoms with Gasteiger partial charge in [-0.05, 0) is 36.8 Å². The van der Waals surface area contributed by atoms with E-state index in [1.54, 1.807) is 18.4 Å². The molecular formula is C13H14FNO. The average molecular weight is 219 g/mol. The molecule has 2 rings (SSSR count). The topological polar surface area (TPSA) is 25.2 Å². The van der Waals surface area contributed by atoms with E-state index >= 15 is 0 Å². The maximum atomic E-state index is 13.0. The Morgan fingerprint density at radius 2 is 2.19 bits per heavy atom. The Morgan fingerprint density at radius 3 is 2.88 bits per heavy atom. The number of nitrogens with one attached hydrogen (secondary N) is 1. The van der Waals surface area contributed by atoms with Crippen LogP contribution in [-0.4, -0.2) is 0 Å². The van der Waals surface area contributed by atoms with Gasteiger partial charge in [-0.25, -0.2) is 4.39 Å². The van der Waals surface area contributed by atoms with E-state index in [4.69, 9.17) is 4.42 Å². The molecule has 1 aromatic carbocycles. The summed E-state index contributed by atoms with van der Waals surface area (Å²) in [6.07, 6.45) is 1.64. The van der Waals surface area contributed by atoms with Crippen molar-refractivity contribution in [1.29, 1.82) is 0 Å². The Bertz CT molecular complexity index is 439. The second-order valence-corrected chi connectivity index (χ2v) is 3.74. The fourth-order valence-corrected chi connectivity index (χ4v) is 1.56. The molecule has 2 aromatic rings. The maximum absolute atomic E-state index is 13.0. The van der Waals surface area contributed by atoms with Crippen LogP contribution in [0.15, 0.2) is 47.1 Å². The van der Waals surface area contributed by atoms with Crippen LogP contribution in [0.4, 0.5) is 4.39 Å². The minimum Gasteiger partial charge on any atom is -0.468 e. The molecule has 0 aliphatic rings. The van der Waals surface area contributed by atoms with Gasteiger partial charge in [0.1, 0.15) is 11.6 Å². The smallest absolute Gasteiger partial charge is 0.123 e. The first-order chi connectivity index (χ1) is 7.75. The van der Waals surface area contributed by atoms with Crippen LogP contribution < -0.4 is 5.32 Å². The van der Waals surface area contributed by atoms with E-state index in [1.807, 2.05) is 25.1 Å². The summed E-state index contributed by atoms with van der Waals surface area (Å²) in [6.45, 7) is 2.64. The lowest BCUT2D eigenvalue weighted by atomic mass is 10.1. The predicted molar refractivity (Wildman–Crippen MR) is 60.4 cm³/mol. The van der Waals surface area contributed by atoms with Crippen LogP contribution in [0.25, 0.3) is 0 Å². The first-order valence-electron chi connectivity index (χ1n) is 5.27. The van der Waals surface area contributed by atoms with Crippen molar-refractivity contribution in [1.82, 2.24) is 5.32 Å². The van der Waals surface area contributed by atoms with Gasteiger partial charge in [0.15, 0.2) is 0 Å². The van der Waals surface area contributed by atoms with Gasteiger partial charge in [-0.3, -0.25) is 0 Å². The van der Waals surface area contributed by atoms with Crippen molar-refractivity contribution in [2.75, 3.05) is 0 Å². The predicted octanol–water partition coefficient (Wildman–Crippen LogP) is 3.27. The molecule has 16 heavy (non-hydrogen) atoms. The average Bonchev–Trinajstić information content (AvgIpc) is 2.78. The molecule has 0 aliphatic heterocycles. The summed E-state index contributed by atoms with van der Waals surface area (Å²) in [5.74, 6) is 0.674. The minimum absolute atomic E-state index is 0.0980. The number of halogens is 1. The van der Waals surface area contributed by atoms with Gasteiger partial charge in [0, 0.05) is 6.04 Å². The van der Waals surface area contributed by atoms with E-state index in [2.05, 4.69) is 5.32 Å². The highest BCUT2D eigenvalue weighted by atomic mass is 19.1. The summed E-state index contributed by atoms with van der Waals surface area (Å²) in [4.78, 5) is 0. The van der Waals surface area contributed by atoms with Gasteiger partial charge in [-0.1, -0.05) is 12.1 Å². The Morgan fingerprint density at radius 1 is 1.31 bits per heavy atom. The van der Waals surface area contributed by atoms with Gasteiger partial charge in [-0.2, -0.15) is 0 Å². The minimum atomic E-state index is -0.204. The van der Waals surface area contributed by atoms with Crippen molar-refractivity contribution in [2.45, 2.75) is 19.5 Å². The van der Waals surface area contributed by atoms with Crippen molar-refractivity contribution >= 4 is 0 Å². The summed E-state index contributed by atoms with van der Waals surface area (Å²) in [7, 11) is 0. The molecule has 3 heteroatoms. The summed E-state index contributed by atoms with van der Waals surface area (Å²) in [5, 5.41) is 3.27. The standard InChI is InChI=1S/C13H14FNO/c1-10(11-4-2-5-12(14)8-11)15-9-13-6-3-7-16-13/h2-8,10,15H,9H2,1H3/t10-/m0/s1. The Kier molecular flexibility index (Phi) is 3.37. The molecule has 0 bridgehead atoms. The molecule has 0 saturated carbocycles. The summed E-state index contributed by atoms with van der Waals surface area (Å²) in [6, 6.07) is 10.5. The molecule has 1 heterocycles. The summed E-state index contributed by atoms with van der Waals surface area (Å²) >= 11 is 0. The first kappa shape index (κ1) is 10.9. The van der Waals surface area contributed by atoms with Gasteiger partial charge >= 0.3 is 0 Å². The quantitative estimate of drug-likeness (QED) is 0.853. The van der Waals surface area contributed by atoms with Crippen LogP contribution in [0.1, 0.15) is 24.3 Å². The van der Waals surface area contributed by atoms with Crippen LogP contribution in [0.2, 0.25) is 0 Å². The Labute approximate surface area is 94.1 Å². The van der Waals surface area contributed by atoms with E-state index in [1.165, 1.54) is 6.07 Å². The number of hydrogen-bond donors (Lipinski definition) is 1. The van der Waals surface area contributed by atoms with Crippen LogP contribution in [0.5, 0.6) is 0 Å². The van der Waals surface area contributed by atoms with Crippen molar-refractivity contribution < 1.29 is 8.81 Å². The number of benzene rings is 1. The van der Waals surface area contributed by atoms with Crippen LogP contribution in [0, 0.1) is 5.82 Å². The van der Waals surface area contributed by atoms with Crippen LogP contribution in [0.3, 0.4) is 0 Å². The highest BCUT2D eigenvalue weighted by Crippen LogP contribution is 2.14. The van der Waals surface area contributed by atoms with Gasteiger partial charge in [0.05, 0.1) is 12.8 Å². The molecule has 2 nitrogen and oxygen atoms in total. The molecule has 0 amide bonds. The van der Waals surface area contributed by atoms with Gasteiger partial charge in [0.25, 0.3) is 0 Å². The summed E-state index contributed by atoms with van der Waals surface area (Å²) in [5.41, 5.74) is 0.937. The van der Waals surface area contributed by atoms with Crippen molar-refractivity contribution in [3.05, 3.63) is 59.8 Å². The van der Waals surface area contributed by atoms with E-state index < -0.39 is 0 Å². The van der Waals surface area contributed by atoms with Crippen molar-refractivity contribution in [2.24, 2.45) is 0 Å². The third-order valence-electron chi connectivity index (χ3n) is 2.51. The second-order valence-electron chi connectivity index (χ2n) is 3.74. The van der Waals surface area contributed by atoms with E-state index in [0.29, 0.717) is 6.54 Å².